The summed E-state index contributed by atoms with van der Waals surface area (Å²) in [5, 5.41) is 0. The number of benzene rings is 1. The standard InChI is InChI=1S/C19H23N5/c1-14-20-10-9-16(21-14)15-6-5-11-24(12-15)13-19-22-17-7-3-4-8-18(17)23(19)2/h3-4,7-10,15H,5-6,11-13H2,1-2H3. The molecular formula is C19H23N5. The maximum atomic E-state index is 4.81. The zero-order valence-corrected chi connectivity index (χ0v) is 14.3. The molecule has 1 unspecified atom stereocenters. The van der Waals surface area contributed by atoms with Crippen molar-refractivity contribution in [3.05, 3.63) is 53.9 Å². The van der Waals surface area contributed by atoms with E-state index in [4.69, 9.17) is 4.98 Å². The summed E-state index contributed by atoms with van der Waals surface area (Å²) in [6, 6.07) is 10.4. The van der Waals surface area contributed by atoms with E-state index in [9.17, 15) is 0 Å². The Hall–Kier alpha value is -2.27. The average Bonchev–Trinajstić information content (AvgIpc) is 2.91. The van der Waals surface area contributed by atoms with E-state index in [1.807, 2.05) is 19.2 Å². The van der Waals surface area contributed by atoms with Gasteiger partial charge >= 0.3 is 0 Å². The van der Waals surface area contributed by atoms with Gasteiger partial charge in [0.15, 0.2) is 0 Å². The first-order valence-corrected chi connectivity index (χ1v) is 8.63. The van der Waals surface area contributed by atoms with Crippen molar-refractivity contribution >= 4 is 11.0 Å². The summed E-state index contributed by atoms with van der Waals surface area (Å²) < 4.78 is 2.22. The van der Waals surface area contributed by atoms with Crippen LogP contribution in [0.4, 0.5) is 0 Å². The number of piperidine rings is 1. The Kier molecular flexibility index (Phi) is 4.02. The first kappa shape index (κ1) is 15.3. The van der Waals surface area contributed by atoms with Crippen LogP contribution in [0, 0.1) is 6.92 Å². The molecule has 5 nitrogen and oxygen atoms in total. The minimum atomic E-state index is 0.495. The fourth-order valence-corrected chi connectivity index (χ4v) is 3.68. The molecule has 1 aliphatic rings. The first-order valence-electron chi connectivity index (χ1n) is 8.63. The van der Waals surface area contributed by atoms with Crippen LogP contribution in [0.25, 0.3) is 11.0 Å². The Labute approximate surface area is 142 Å². The molecule has 0 bridgehead atoms. The molecule has 0 spiro atoms. The summed E-state index contributed by atoms with van der Waals surface area (Å²) in [4.78, 5) is 16.2. The van der Waals surface area contributed by atoms with Crippen LogP contribution in [0.5, 0.6) is 0 Å². The van der Waals surface area contributed by atoms with E-state index in [0.717, 1.165) is 36.8 Å². The van der Waals surface area contributed by atoms with Crippen LogP contribution < -0.4 is 0 Å². The number of likely N-dealkylation sites (tertiary alicyclic amines) is 1. The lowest BCUT2D eigenvalue weighted by Crippen LogP contribution is -2.35. The molecule has 2 aromatic heterocycles. The molecule has 1 saturated heterocycles. The summed E-state index contributed by atoms with van der Waals surface area (Å²) in [5.41, 5.74) is 3.46. The maximum Gasteiger partial charge on any atom is 0.125 e. The molecule has 4 rings (SSSR count). The van der Waals surface area contributed by atoms with Crippen molar-refractivity contribution in [3.8, 4) is 0 Å². The summed E-state index contributed by atoms with van der Waals surface area (Å²) in [6.07, 6.45) is 4.29. The van der Waals surface area contributed by atoms with Gasteiger partial charge in [-0.15, -0.1) is 0 Å². The van der Waals surface area contributed by atoms with Crippen LogP contribution in [0.1, 0.15) is 36.1 Å². The van der Waals surface area contributed by atoms with Gasteiger partial charge in [-0.25, -0.2) is 15.0 Å². The molecule has 5 heteroatoms. The second-order valence-corrected chi connectivity index (χ2v) is 6.68. The van der Waals surface area contributed by atoms with Crippen LogP contribution in [-0.4, -0.2) is 37.5 Å². The predicted molar refractivity (Wildman–Crippen MR) is 94.7 cm³/mol. The summed E-state index contributed by atoms with van der Waals surface area (Å²) in [6.45, 7) is 5.03. The summed E-state index contributed by atoms with van der Waals surface area (Å²) in [5.74, 6) is 2.49. The predicted octanol–water partition coefficient (Wildman–Crippen LogP) is 3.05. The number of imidazole rings is 1. The van der Waals surface area contributed by atoms with Gasteiger partial charge in [0, 0.05) is 31.4 Å². The van der Waals surface area contributed by atoms with Gasteiger partial charge in [0.25, 0.3) is 0 Å². The Morgan fingerprint density at radius 2 is 2.04 bits per heavy atom. The Bertz CT molecular complexity index is 854. The zero-order valence-electron chi connectivity index (χ0n) is 14.3. The fraction of sp³-hybridized carbons (Fsp3) is 0.421. The van der Waals surface area contributed by atoms with Crippen LogP contribution >= 0.6 is 0 Å². The van der Waals surface area contributed by atoms with Crippen molar-refractivity contribution < 1.29 is 0 Å². The lowest BCUT2D eigenvalue weighted by atomic mass is 9.94. The monoisotopic (exact) mass is 321 g/mol. The molecule has 0 amide bonds. The lowest BCUT2D eigenvalue weighted by molar-refractivity contribution is 0.193. The third-order valence-corrected chi connectivity index (χ3v) is 4.97. The fourth-order valence-electron chi connectivity index (χ4n) is 3.68. The van der Waals surface area contributed by atoms with E-state index in [-0.39, 0.29) is 0 Å². The van der Waals surface area contributed by atoms with Crippen molar-refractivity contribution in [2.75, 3.05) is 13.1 Å². The van der Waals surface area contributed by atoms with Gasteiger partial charge in [-0.2, -0.15) is 0 Å². The van der Waals surface area contributed by atoms with Gasteiger partial charge < -0.3 is 4.57 Å². The van der Waals surface area contributed by atoms with Gasteiger partial charge in [0.1, 0.15) is 11.6 Å². The number of hydrogen-bond donors (Lipinski definition) is 0. The van der Waals surface area contributed by atoms with Crippen LogP contribution in [0.15, 0.2) is 36.5 Å². The third kappa shape index (κ3) is 2.91. The number of rotatable bonds is 3. The van der Waals surface area contributed by atoms with Crippen molar-refractivity contribution in [2.45, 2.75) is 32.2 Å². The molecule has 1 aromatic carbocycles. The van der Waals surface area contributed by atoms with Crippen molar-refractivity contribution in [1.29, 1.82) is 0 Å². The SMILES string of the molecule is Cc1nccc(C2CCCN(Cc3nc4ccccc4n3C)C2)n1. The minimum absolute atomic E-state index is 0.495. The van der Waals surface area contributed by atoms with Gasteiger partial charge in [-0.05, 0) is 44.5 Å². The molecule has 124 valence electrons. The van der Waals surface area contributed by atoms with Crippen molar-refractivity contribution in [1.82, 2.24) is 24.4 Å². The molecule has 24 heavy (non-hydrogen) atoms. The molecule has 3 aromatic rings. The molecule has 1 atom stereocenters. The highest BCUT2D eigenvalue weighted by molar-refractivity contribution is 5.75. The Balaban J connectivity index is 1.53. The lowest BCUT2D eigenvalue weighted by Gasteiger charge is -2.32. The van der Waals surface area contributed by atoms with Gasteiger partial charge in [-0.1, -0.05) is 12.1 Å². The normalized spacial score (nSPS) is 19.0. The smallest absolute Gasteiger partial charge is 0.125 e. The van der Waals surface area contributed by atoms with E-state index in [0.29, 0.717) is 5.92 Å². The molecule has 1 fully saturated rings. The average molecular weight is 321 g/mol. The molecule has 0 saturated carbocycles. The first-order chi connectivity index (χ1) is 11.7. The number of nitrogens with zero attached hydrogens (tertiary/aromatic N) is 5. The van der Waals surface area contributed by atoms with E-state index < -0.39 is 0 Å². The summed E-state index contributed by atoms with van der Waals surface area (Å²) >= 11 is 0. The van der Waals surface area contributed by atoms with Crippen LogP contribution in [0.2, 0.25) is 0 Å². The van der Waals surface area contributed by atoms with E-state index in [2.05, 4.69) is 50.7 Å². The maximum absolute atomic E-state index is 4.81. The molecule has 1 aliphatic heterocycles. The van der Waals surface area contributed by atoms with E-state index >= 15 is 0 Å². The number of aryl methyl sites for hydroxylation is 2. The number of aromatic nitrogens is 4. The van der Waals surface area contributed by atoms with Crippen molar-refractivity contribution in [3.63, 3.8) is 0 Å². The Morgan fingerprint density at radius 3 is 2.88 bits per heavy atom. The molecule has 0 aliphatic carbocycles. The topological polar surface area (TPSA) is 46.8 Å². The second kappa shape index (κ2) is 6.32. The highest BCUT2D eigenvalue weighted by Gasteiger charge is 2.23. The highest BCUT2D eigenvalue weighted by atomic mass is 15.2. The van der Waals surface area contributed by atoms with E-state index in [1.165, 1.54) is 24.1 Å². The quantitative estimate of drug-likeness (QED) is 0.744. The minimum Gasteiger partial charge on any atom is -0.330 e. The third-order valence-electron chi connectivity index (χ3n) is 4.97. The van der Waals surface area contributed by atoms with Crippen LogP contribution in [0.3, 0.4) is 0 Å². The molecule has 0 N–H and O–H groups in total. The molecular weight excluding hydrogens is 298 g/mol. The molecule has 3 heterocycles. The highest BCUT2D eigenvalue weighted by Crippen LogP contribution is 2.26. The molecule has 0 radical (unpaired) electrons. The number of hydrogen-bond acceptors (Lipinski definition) is 4. The summed E-state index contributed by atoms with van der Waals surface area (Å²) in [7, 11) is 2.11. The largest absolute Gasteiger partial charge is 0.330 e. The van der Waals surface area contributed by atoms with Gasteiger partial charge in [0.05, 0.1) is 17.6 Å². The van der Waals surface area contributed by atoms with Crippen LogP contribution in [-0.2, 0) is 13.6 Å². The van der Waals surface area contributed by atoms with Gasteiger partial charge in [-0.3, -0.25) is 4.90 Å². The van der Waals surface area contributed by atoms with E-state index in [1.54, 1.807) is 0 Å². The van der Waals surface area contributed by atoms with Crippen molar-refractivity contribution in [2.24, 2.45) is 7.05 Å². The number of para-hydroxylation sites is 2. The zero-order chi connectivity index (χ0) is 16.5. The number of fused-ring (bicyclic) bond motifs is 1. The second-order valence-electron chi connectivity index (χ2n) is 6.68. The Morgan fingerprint density at radius 1 is 1.17 bits per heavy atom. The van der Waals surface area contributed by atoms with Gasteiger partial charge in [0.2, 0.25) is 0 Å².